The minimum Gasteiger partial charge on any atom is -0.313 e. The molecule has 2 rings (SSSR count). The maximum absolute atomic E-state index is 6.32. The number of nitrogens with zero attached hydrogens (tertiary/aromatic N) is 2. The van der Waals surface area contributed by atoms with E-state index in [4.69, 9.17) is 23.2 Å². The third-order valence-electron chi connectivity index (χ3n) is 3.35. The van der Waals surface area contributed by atoms with Gasteiger partial charge in [-0.1, -0.05) is 29.3 Å². The average molecular weight is 377 g/mol. The van der Waals surface area contributed by atoms with Crippen molar-refractivity contribution in [2.45, 2.75) is 19.4 Å². The fourth-order valence-corrected chi connectivity index (χ4v) is 2.96. The Balaban J connectivity index is 2.31. The minimum absolute atomic E-state index is 0.149. The number of hydrogen-bond donors (Lipinski definition) is 1. The standard InChI is InChI=1S/C14H16BrCl2N3/c1-8-14(17)13(20(3)19-8)7-12(18-2)9-4-5-11(16)10(15)6-9/h4-6,12,18H,7H2,1-3H3. The van der Waals surface area contributed by atoms with Crippen molar-refractivity contribution in [3.8, 4) is 0 Å². The Morgan fingerprint density at radius 3 is 2.60 bits per heavy atom. The molecule has 0 fully saturated rings. The zero-order chi connectivity index (χ0) is 14.9. The first-order valence-corrected chi connectivity index (χ1v) is 7.79. The molecular formula is C14H16BrCl2N3. The maximum Gasteiger partial charge on any atom is 0.0847 e. The number of halogens is 3. The molecule has 1 N–H and O–H groups in total. The molecule has 0 radical (unpaired) electrons. The van der Waals surface area contributed by atoms with Gasteiger partial charge in [-0.15, -0.1) is 0 Å². The number of aromatic nitrogens is 2. The lowest BCUT2D eigenvalue weighted by atomic mass is 10.0. The second-order valence-electron chi connectivity index (χ2n) is 4.69. The smallest absolute Gasteiger partial charge is 0.0847 e. The van der Waals surface area contributed by atoms with Crippen LogP contribution >= 0.6 is 39.1 Å². The third kappa shape index (κ3) is 3.19. The summed E-state index contributed by atoms with van der Waals surface area (Å²) < 4.78 is 2.73. The van der Waals surface area contributed by atoms with Gasteiger partial charge in [-0.05, 0) is 47.6 Å². The van der Waals surface area contributed by atoms with Gasteiger partial charge in [-0.3, -0.25) is 4.68 Å². The SMILES string of the molecule is CNC(Cc1c(Cl)c(C)nn1C)c1ccc(Cl)c(Br)c1. The lowest BCUT2D eigenvalue weighted by Crippen LogP contribution is -2.20. The average Bonchev–Trinajstić information content (AvgIpc) is 2.65. The molecule has 108 valence electrons. The summed E-state index contributed by atoms with van der Waals surface area (Å²) in [5, 5.41) is 9.11. The van der Waals surface area contributed by atoms with Gasteiger partial charge >= 0.3 is 0 Å². The van der Waals surface area contributed by atoms with E-state index in [0.29, 0.717) is 5.02 Å². The molecule has 1 aromatic carbocycles. The molecule has 1 unspecified atom stereocenters. The molecule has 0 aliphatic heterocycles. The highest BCUT2D eigenvalue weighted by atomic mass is 79.9. The van der Waals surface area contributed by atoms with Gasteiger partial charge in [-0.25, -0.2) is 0 Å². The van der Waals surface area contributed by atoms with Crippen molar-refractivity contribution < 1.29 is 0 Å². The van der Waals surface area contributed by atoms with Crippen molar-refractivity contribution in [3.05, 3.63) is 49.7 Å². The summed E-state index contributed by atoms with van der Waals surface area (Å²) >= 11 is 15.8. The van der Waals surface area contributed by atoms with Gasteiger partial charge in [-0.2, -0.15) is 5.10 Å². The second-order valence-corrected chi connectivity index (χ2v) is 6.33. The largest absolute Gasteiger partial charge is 0.313 e. The number of benzene rings is 1. The third-order valence-corrected chi connectivity index (χ3v) is 5.06. The molecule has 1 atom stereocenters. The van der Waals surface area contributed by atoms with E-state index in [1.807, 2.05) is 43.9 Å². The highest BCUT2D eigenvalue weighted by Crippen LogP contribution is 2.29. The fourth-order valence-electron chi connectivity index (χ4n) is 2.21. The normalized spacial score (nSPS) is 12.7. The Labute approximate surface area is 137 Å². The number of hydrogen-bond acceptors (Lipinski definition) is 2. The summed E-state index contributed by atoms with van der Waals surface area (Å²) in [7, 11) is 3.85. The van der Waals surface area contributed by atoms with Crippen LogP contribution in [0.3, 0.4) is 0 Å². The lowest BCUT2D eigenvalue weighted by molar-refractivity contribution is 0.561. The van der Waals surface area contributed by atoms with E-state index >= 15 is 0 Å². The van der Waals surface area contributed by atoms with Crippen LogP contribution in [-0.4, -0.2) is 16.8 Å². The molecule has 0 amide bonds. The Hall–Kier alpha value is -0.550. The summed E-state index contributed by atoms with van der Waals surface area (Å²) in [6.07, 6.45) is 0.765. The Morgan fingerprint density at radius 1 is 1.40 bits per heavy atom. The van der Waals surface area contributed by atoms with Crippen LogP contribution in [-0.2, 0) is 13.5 Å². The van der Waals surface area contributed by atoms with Crippen LogP contribution in [0.1, 0.15) is 23.0 Å². The van der Waals surface area contributed by atoms with E-state index in [1.165, 1.54) is 0 Å². The van der Waals surface area contributed by atoms with Gasteiger partial charge in [0, 0.05) is 24.0 Å². The summed E-state index contributed by atoms with van der Waals surface area (Å²) in [6, 6.07) is 6.09. The monoisotopic (exact) mass is 375 g/mol. The van der Waals surface area contributed by atoms with E-state index in [9.17, 15) is 0 Å². The Bertz CT molecular complexity index is 625. The van der Waals surface area contributed by atoms with Gasteiger partial charge in [0.2, 0.25) is 0 Å². The molecule has 0 aliphatic rings. The first-order chi connectivity index (χ1) is 9.43. The van der Waals surface area contributed by atoms with Crippen LogP contribution in [0.15, 0.2) is 22.7 Å². The van der Waals surface area contributed by atoms with Gasteiger partial charge in [0.15, 0.2) is 0 Å². The van der Waals surface area contributed by atoms with Crippen LogP contribution < -0.4 is 5.32 Å². The number of aryl methyl sites for hydroxylation is 2. The molecule has 0 saturated carbocycles. The van der Waals surface area contributed by atoms with E-state index in [0.717, 1.165) is 32.9 Å². The van der Waals surface area contributed by atoms with E-state index in [1.54, 1.807) is 0 Å². The molecule has 0 bridgehead atoms. The maximum atomic E-state index is 6.32. The molecule has 0 spiro atoms. The first-order valence-electron chi connectivity index (χ1n) is 6.24. The van der Waals surface area contributed by atoms with Crippen LogP contribution in [0.2, 0.25) is 10.0 Å². The van der Waals surface area contributed by atoms with Crippen molar-refractivity contribution in [2.24, 2.45) is 7.05 Å². The van der Waals surface area contributed by atoms with Crippen LogP contribution in [0.5, 0.6) is 0 Å². The van der Waals surface area contributed by atoms with Crippen LogP contribution in [0, 0.1) is 6.92 Å². The van der Waals surface area contributed by atoms with Crippen molar-refractivity contribution in [1.82, 2.24) is 15.1 Å². The summed E-state index contributed by atoms with van der Waals surface area (Å²) in [5.74, 6) is 0. The fraction of sp³-hybridized carbons (Fsp3) is 0.357. The molecule has 20 heavy (non-hydrogen) atoms. The highest BCUT2D eigenvalue weighted by molar-refractivity contribution is 9.10. The van der Waals surface area contributed by atoms with Gasteiger partial charge in [0.25, 0.3) is 0 Å². The van der Waals surface area contributed by atoms with Crippen LogP contribution in [0.4, 0.5) is 0 Å². The summed E-state index contributed by atoms with van der Waals surface area (Å²) in [5.41, 5.74) is 3.03. The Morgan fingerprint density at radius 2 is 2.10 bits per heavy atom. The summed E-state index contributed by atoms with van der Waals surface area (Å²) in [6.45, 7) is 1.92. The van der Waals surface area contributed by atoms with Crippen molar-refractivity contribution in [3.63, 3.8) is 0 Å². The van der Waals surface area contributed by atoms with E-state index in [2.05, 4.69) is 26.3 Å². The number of rotatable bonds is 4. The summed E-state index contributed by atoms with van der Waals surface area (Å²) in [4.78, 5) is 0. The first kappa shape index (κ1) is 15.8. The highest BCUT2D eigenvalue weighted by Gasteiger charge is 2.18. The Kier molecular flexibility index (Phi) is 5.13. The predicted octanol–water partition coefficient (Wildman–Crippen LogP) is 4.30. The molecule has 3 nitrogen and oxygen atoms in total. The van der Waals surface area contributed by atoms with Gasteiger partial charge in [0.05, 0.1) is 21.4 Å². The van der Waals surface area contributed by atoms with Crippen molar-refractivity contribution in [2.75, 3.05) is 7.05 Å². The van der Waals surface area contributed by atoms with Crippen molar-refractivity contribution >= 4 is 39.1 Å². The van der Waals surface area contributed by atoms with Crippen molar-refractivity contribution in [1.29, 1.82) is 0 Å². The molecular weight excluding hydrogens is 361 g/mol. The quantitative estimate of drug-likeness (QED) is 0.861. The van der Waals surface area contributed by atoms with Crippen LogP contribution in [0.25, 0.3) is 0 Å². The lowest BCUT2D eigenvalue weighted by Gasteiger charge is -2.17. The number of likely N-dealkylation sites (N-methyl/N-ethyl adjacent to an activating group) is 1. The zero-order valence-electron chi connectivity index (χ0n) is 11.5. The zero-order valence-corrected chi connectivity index (χ0v) is 14.6. The van der Waals surface area contributed by atoms with Gasteiger partial charge in [0.1, 0.15) is 0 Å². The number of nitrogens with one attached hydrogen (secondary N) is 1. The van der Waals surface area contributed by atoms with E-state index in [-0.39, 0.29) is 6.04 Å². The van der Waals surface area contributed by atoms with E-state index < -0.39 is 0 Å². The molecule has 2 aromatic rings. The molecule has 1 aromatic heterocycles. The van der Waals surface area contributed by atoms with Gasteiger partial charge < -0.3 is 5.32 Å². The topological polar surface area (TPSA) is 29.9 Å². The molecule has 0 saturated heterocycles. The minimum atomic E-state index is 0.149. The second kappa shape index (κ2) is 6.48. The molecule has 0 aliphatic carbocycles. The molecule has 1 heterocycles. The molecule has 6 heteroatoms. The predicted molar refractivity (Wildman–Crippen MR) is 87.6 cm³/mol.